The zero-order chi connectivity index (χ0) is 17.3. The maximum atomic E-state index is 12.3. The fraction of sp³-hybridized carbons (Fsp3) is 0.250. The molecule has 0 aliphatic rings. The zero-order valence-electron chi connectivity index (χ0n) is 9.80. The summed E-state index contributed by atoms with van der Waals surface area (Å²) in [4.78, 5) is 7.58. The summed E-state index contributed by atoms with van der Waals surface area (Å²) in [5.41, 5.74) is -1.34. The predicted molar refractivity (Wildman–Crippen MR) is 59.5 cm³/mol. The second-order valence-corrected chi connectivity index (χ2v) is 5.87. The molecule has 0 unspecified atom stereocenters. The first-order valence-corrected chi connectivity index (χ1v) is 7.10. The molecular weight excluding hydrogens is 369 g/mol. The van der Waals surface area contributed by atoms with E-state index in [1.165, 1.54) is 0 Å². The van der Waals surface area contributed by atoms with Crippen molar-refractivity contribution in [1.29, 1.82) is 0 Å². The van der Waals surface area contributed by atoms with Crippen molar-refractivity contribution in [2.24, 2.45) is 0 Å². The van der Waals surface area contributed by atoms with Gasteiger partial charge in [-0.15, -0.1) is 13.2 Å². The smallest absolute Gasteiger partial charge is 0.426 e. The molecule has 124 valence electrons. The molecule has 0 radical (unpaired) electrons. The number of nitro benzene ring substituents is 1. The molecule has 7 nitrogen and oxygen atoms in total. The molecule has 0 atom stereocenters. The van der Waals surface area contributed by atoms with Gasteiger partial charge in [0.15, 0.2) is 10.6 Å². The Bertz CT molecular complexity index is 691. The van der Waals surface area contributed by atoms with Crippen molar-refractivity contribution >= 4 is 25.4 Å². The third-order valence-corrected chi connectivity index (χ3v) is 3.27. The van der Waals surface area contributed by atoms with Gasteiger partial charge in [0.05, 0.1) is 4.92 Å². The van der Waals surface area contributed by atoms with E-state index < -0.39 is 49.0 Å². The molecule has 0 aliphatic heterocycles. The number of hydrogen-bond donors (Lipinski definition) is 0. The topological polar surface area (TPSA) is 95.7 Å². The van der Waals surface area contributed by atoms with Crippen LogP contribution >= 0.6 is 10.7 Å². The molecule has 22 heavy (non-hydrogen) atoms. The second-order valence-electron chi connectivity index (χ2n) is 3.36. The predicted octanol–water partition coefficient (Wildman–Crippen LogP) is 3.02. The Morgan fingerprint density at radius 2 is 1.82 bits per heavy atom. The van der Waals surface area contributed by atoms with Crippen LogP contribution in [0.2, 0.25) is 0 Å². The fourth-order valence-corrected chi connectivity index (χ4v) is 2.48. The van der Waals surface area contributed by atoms with E-state index in [2.05, 4.69) is 9.47 Å². The third kappa shape index (κ3) is 4.56. The lowest BCUT2D eigenvalue weighted by molar-refractivity contribution is -0.386. The highest BCUT2D eigenvalue weighted by Gasteiger charge is 2.38. The summed E-state index contributed by atoms with van der Waals surface area (Å²) in [6.07, 6.45) is -5.41. The van der Waals surface area contributed by atoms with E-state index in [-0.39, 0.29) is 6.07 Å². The van der Waals surface area contributed by atoms with Crippen LogP contribution in [0, 0.1) is 10.1 Å². The Kier molecular flexibility index (Phi) is 5.02. The normalized spacial score (nSPS) is 12.3. The molecule has 0 saturated heterocycles. The Labute approximate surface area is 122 Å². The molecule has 0 heterocycles. The van der Waals surface area contributed by atoms with Crippen molar-refractivity contribution in [1.82, 2.24) is 0 Å². The lowest BCUT2D eigenvalue weighted by atomic mass is 10.2. The molecule has 0 bridgehead atoms. The van der Waals surface area contributed by atoms with Gasteiger partial charge in [-0.25, -0.2) is 8.42 Å². The van der Waals surface area contributed by atoms with Crippen molar-refractivity contribution in [2.45, 2.75) is 17.9 Å². The van der Waals surface area contributed by atoms with E-state index in [9.17, 15) is 40.5 Å². The van der Waals surface area contributed by atoms with E-state index in [1.807, 2.05) is 0 Å². The van der Waals surface area contributed by atoms with Gasteiger partial charge < -0.3 is 9.47 Å². The number of nitrogens with zero attached hydrogens (tertiary/aromatic N) is 1. The average Bonchev–Trinajstić information content (AvgIpc) is 2.23. The number of hydrogen-bond acceptors (Lipinski definition) is 6. The first-order valence-electron chi connectivity index (χ1n) is 4.79. The standard InChI is InChI=1S/C8H3ClF5NO6S/c9-22(18,19)6-4(21-8(12,13)14)2-1-3(15(16)17)5(6)20-7(10)11/h1-2,7H. The Balaban J connectivity index is 3.72. The van der Waals surface area contributed by atoms with Crippen LogP contribution in [0.25, 0.3) is 0 Å². The largest absolute Gasteiger partial charge is 0.573 e. The average molecular weight is 372 g/mol. The molecular formula is C8H3ClF5NO6S. The second kappa shape index (κ2) is 6.08. The first kappa shape index (κ1) is 18.2. The minimum Gasteiger partial charge on any atom is -0.426 e. The van der Waals surface area contributed by atoms with Crippen molar-refractivity contribution in [2.75, 3.05) is 0 Å². The van der Waals surface area contributed by atoms with Crippen LogP contribution < -0.4 is 9.47 Å². The van der Waals surface area contributed by atoms with E-state index in [0.717, 1.165) is 0 Å². The third-order valence-electron chi connectivity index (χ3n) is 1.93. The van der Waals surface area contributed by atoms with Crippen molar-refractivity contribution in [3.05, 3.63) is 22.2 Å². The highest BCUT2D eigenvalue weighted by Crippen LogP contribution is 2.44. The molecule has 1 aromatic carbocycles. The van der Waals surface area contributed by atoms with Crippen molar-refractivity contribution in [3.63, 3.8) is 0 Å². The van der Waals surface area contributed by atoms with E-state index >= 15 is 0 Å². The van der Waals surface area contributed by atoms with Gasteiger partial charge in [-0.3, -0.25) is 10.1 Å². The van der Waals surface area contributed by atoms with Gasteiger partial charge in [-0.2, -0.15) is 8.78 Å². The molecule has 0 amide bonds. The summed E-state index contributed by atoms with van der Waals surface area (Å²) in [6, 6.07) is 0.531. The highest BCUT2D eigenvalue weighted by molar-refractivity contribution is 8.14. The highest BCUT2D eigenvalue weighted by atomic mass is 35.7. The van der Waals surface area contributed by atoms with Crippen LogP contribution in [0.3, 0.4) is 0 Å². The monoisotopic (exact) mass is 371 g/mol. The number of nitro groups is 1. The van der Waals surface area contributed by atoms with Crippen LogP contribution in [-0.2, 0) is 9.05 Å². The van der Waals surface area contributed by atoms with E-state index in [1.54, 1.807) is 0 Å². The number of ether oxygens (including phenoxy) is 2. The quantitative estimate of drug-likeness (QED) is 0.342. The number of benzene rings is 1. The lowest BCUT2D eigenvalue weighted by Crippen LogP contribution is -2.19. The summed E-state index contributed by atoms with van der Waals surface area (Å²) in [6.45, 7) is -3.77. The number of halogens is 6. The fourth-order valence-electron chi connectivity index (χ4n) is 1.32. The van der Waals surface area contributed by atoms with Crippen LogP contribution in [0.5, 0.6) is 11.5 Å². The summed E-state index contributed by atoms with van der Waals surface area (Å²) >= 11 is 0. The van der Waals surface area contributed by atoms with Crippen molar-refractivity contribution < 1.29 is 44.8 Å². The van der Waals surface area contributed by atoms with Gasteiger partial charge in [0.2, 0.25) is 5.75 Å². The molecule has 1 rings (SSSR count). The number of rotatable bonds is 5. The number of alkyl halides is 5. The Morgan fingerprint density at radius 1 is 1.27 bits per heavy atom. The van der Waals surface area contributed by atoms with Gasteiger partial charge in [-0.1, -0.05) is 0 Å². The summed E-state index contributed by atoms with van der Waals surface area (Å²) < 4.78 is 90.6. The van der Waals surface area contributed by atoms with Crippen LogP contribution in [-0.4, -0.2) is 26.3 Å². The first-order chi connectivity index (χ1) is 9.83. The van der Waals surface area contributed by atoms with Gasteiger partial charge in [0.25, 0.3) is 9.05 Å². The maximum absolute atomic E-state index is 12.3. The van der Waals surface area contributed by atoms with Crippen LogP contribution in [0.15, 0.2) is 17.0 Å². The molecule has 0 spiro atoms. The molecule has 14 heteroatoms. The molecule has 0 N–H and O–H groups in total. The zero-order valence-corrected chi connectivity index (χ0v) is 11.4. The molecule has 0 aliphatic carbocycles. The van der Waals surface area contributed by atoms with Crippen LogP contribution in [0.1, 0.15) is 0 Å². The van der Waals surface area contributed by atoms with Crippen LogP contribution in [0.4, 0.5) is 27.6 Å². The van der Waals surface area contributed by atoms with E-state index in [4.69, 9.17) is 10.7 Å². The Hall–Kier alpha value is -1.89. The minimum atomic E-state index is -5.41. The SMILES string of the molecule is O=[N+]([O-])c1ccc(OC(F)(F)F)c(S(=O)(=O)Cl)c1OC(F)F. The van der Waals surface area contributed by atoms with Gasteiger partial charge in [0, 0.05) is 16.7 Å². The lowest BCUT2D eigenvalue weighted by Gasteiger charge is -2.15. The van der Waals surface area contributed by atoms with E-state index in [0.29, 0.717) is 6.07 Å². The summed E-state index contributed by atoms with van der Waals surface area (Å²) in [5.74, 6) is -3.22. The molecule has 0 saturated carbocycles. The molecule has 0 fully saturated rings. The van der Waals surface area contributed by atoms with Gasteiger partial charge >= 0.3 is 18.7 Å². The molecule has 0 aromatic heterocycles. The Morgan fingerprint density at radius 3 is 2.18 bits per heavy atom. The van der Waals surface area contributed by atoms with Gasteiger partial charge in [-0.05, 0) is 6.07 Å². The van der Waals surface area contributed by atoms with Crippen molar-refractivity contribution in [3.8, 4) is 11.5 Å². The summed E-state index contributed by atoms with van der Waals surface area (Å²) in [7, 11) is -0.319. The molecule has 1 aromatic rings. The summed E-state index contributed by atoms with van der Waals surface area (Å²) in [5, 5.41) is 10.7. The minimum absolute atomic E-state index is 0.235. The van der Waals surface area contributed by atoms with Gasteiger partial charge in [0.1, 0.15) is 0 Å². The maximum Gasteiger partial charge on any atom is 0.573 e.